The second kappa shape index (κ2) is 4.87. The molecule has 0 aliphatic rings. The SMILES string of the molecule is CC(CC(O)(O)O)C(=O)C(=O)[O-].[NH4+]. The minimum absolute atomic E-state index is 0. The number of hydrogen-bond donors (Lipinski definition) is 4. The van der Waals surface area contributed by atoms with Crippen LogP contribution in [-0.4, -0.2) is 33.0 Å². The first-order valence-electron chi connectivity index (χ1n) is 3.16. The van der Waals surface area contributed by atoms with Gasteiger partial charge in [0.05, 0.1) is 0 Å². The van der Waals surface area contributed by atoms with Crippen molar-refractivity contribution >= 4 is 11.8 Å². The predicted molar refractivity (Wildman–Crippen MR) is 39.2 cm³/mol. The molecule has 0 saturated carbocycles. The summed E-state index contributed by atoms with van der Waals surface area (Å²) in [5.74, 6) is -7.41. The molecule has 0 aliphatic heterocycles. The molecule has 0 rings (SSSR count). The molecule has 7 heteroatoms. The summed E-state index contributed by atoms with van der Waals surface area (Å²) in [6, 6.07) is 0. The van der Waals surface area contributed by atoms with E-state index in [4.69, 9.17) is 15.3 Å². The van der Waals surface area contributed by atoms with Crippen LogP contribution in [0.5, 0.6) is 0 Å². The molecule has 1 unspecified atom stereocenters. The molecule has 1 atom stereocenters. The summed E-state index contributed by atoms with van der Waals surface area (Å²) < 4.78 is 0. The summed E-state index contributed by atoms with van der Waals surface area (Å²) >= 11 is 0. The van der Waals surface area contributed by atoms with Gasteiger partial charge in [0.1, 0.15) is 5.97 Å². The third-order valence-corrected chi connectivity index (χ3v) is 1.23. The van der Waals surface area contributed by atoms with Gasteiger partial charge in [-0.25, -0.2) is 0 Å². The maximum absolute atomic E-state index is 10.5. The monoisotopic (exact) mass is 195 g/mol. The van der Waals surface area contributed by atoms with Gasteiger partial charge in [-0.05, 0) is 0 Å². The highest BCUT2D eigenvalue weighted by molar-refractivity contribution is 6.32. The third-order valence-electron chi connectivity index (χ3n) is 1.23. The van der Waals surface area contributed by atoms with Crippen LogP contribution in [0.25, 0.3) is 0 Å². The Morgan fingerprint density at radius 2 is 1.77 bits per heavy atom. The van der Waals surface area contributed by atoms with Gasteiger partial charge in [0, 0.05) is 12.3 Å². The molecule has 0 heterocycles. The first-order valence-corrected chi connectivity index (χ1v) is 3.16. The number of carbonyl (C=O) groups excluding carboxylic acids is 2. The van der Waals surface area contributed by atoms with E-state index in [0.717, 1.165) is 6.92 Å². The fourth-order valence-electron chi connectivity index (χ4n) is 0.705. The van der Waals surface area contributed by atoms with Crippen molar-refractivity contribution in [2.45, 2.75) is 19.3 Å². The minimum atomic E-state index is -3.02. The summed E-state index contributed by atoms with van der Waals surface area (Å²) in [6.07, 6.45) is -0.764. The average molecular weight is 195 g/mol. The molecule has 0 amide bonds. The lowest BCUT2D eigenvalue weighted by atomic mass is 10.0. The molecule has 7 nitrogen and oxygen atoms in total. The summed E-state index contributed by atoms with van der Waals surface area (Å²) in [4.78, 5) is 20.4. The number of carboxylic acid groups (broad SMARTS) is 1. The van der Waals surface area contributed by atoms with E-state index in [9.17, 15) is 14.7 Å². The molecule has 7 N–H and O–H groups in total. The Labute approximate surface area is 74.2 Å². The van der Waals surface area contributed by atoms with E-state index in [1.54, 1.807) is 0 Å². The molecule has 0 bridgehead atoms. The molecule has 0 aliphatic carbocycles. The van der Waals surface area contributed by atoms with Crippen molar-refractivity contribution in [1.29, 1.82) is 0 Å². The predicted octanol–water partition coefficient (Wildman–Crippen LogP) is -2.66. The molecule has 0 radical (unpaired) electrons. The van der Waals surface area contributed by atoms with Gasteiger partial charge in [0.15, 0.2) is 5.78 Å². The van der Waals surface area contributed by atoms with Gasteiger partial charge in [-0.2, -0.15) is 0 Å². The largest absolute Gasteiger partial charge is 0.542 e. The highest BCUT2D eigenvalue weighted by Gasteiger charge is 2.26. The van der Waals surface area contributed by atoms with Crippen LogP contribution in [0, 0.1) is 5.92 Å². The molecule has 78 valence electrons. The zero-order valence-corrected chi connectivity index (χ0v) is 7.35. The van der Waals surface area contributed by atoms with Crippen molar-refractivity contribution in [2.24, 2.45) is 5.92 Å². The number of aliphatic carboxylic acids is 1. The molecule has 0 fully saturated rings. The van der Waals surface area contributed by atoms with Crippen molar-refractivity contribution in [2.75, 3.05) is 0 Å². The van der Waals surface area contributed by atoms with Crippen molar-refractivity contribution in [1.82, 2.24) is 6.15 Å². The third kappa shape index (κ3) is 6.17. The maximum atomic E-state index is 10.5. The van der Waals surface area contributed by atoms with Crippen LogP contribution in [0.3, 0.4) is 0 Å². The molecular weight excluding hydrogens is 182 g/mol. The average Bonchev–Trinajstić information content (AvgIpc) is 1.82. The number of Topliss-reactive ketones (excluding diaryl/α,β-unsaturated/α-hetero) is 1. The number of rotatable bonds is 4. The van der Waals surface area contributed by atoms with Gasteiger partial charge in [0.25, 0.3) is 5.97 Å². The second-order valence-corrected chi connectivity index (χ2v) is 2.53. The molecular formula is C6H13NO6. The van der Waals surface area contributed by atoms with Crippen LogP contribution < -0.4 is 11.3 Å². The fraction of sp³-hybridized carbons (Fsp3) is 0.667. The van der Waals surface area contributed by atoms with E-state index in [1.807, 2.05) is 0 Å². The van der Waals surface area contributed by atoms with Gasteiger partial charge >= 0.3 is 0 Å². The molecule has 0 aromatic carbocycles. The van der Waals surface area contributed by atoms with Crippen LogP contribution in [0.4, 0.5) is 0 Å². The Morgan fingerprint density at radius 3 is 2.00 bits per heavy atom. The fourth-order valence-corrected chi connectivity index (χ4v) is 0.705. The molecule has 0 aromatic heterocycles. The molecule has 0 spiro atoms. The Balaban J connectivity index is 0. The number of aliphatic hydroxyl groups is 3. The van der Waals surface area contributed by atoms with Crippen LogP contribution in [0.2, 0.25) is 0 Å². The van der Waals surface area contributed by atoms with Gasteiger partial charge < -0.3 is 31.4 Å². The van der Waals surface area contributed by atoms with E-state index in [-0.39, 0.29) is 6.15 Å². The van der Waals surface area contributed by atoms with Crippen LogP contribution >= 0.6 is 0 Å². The van der Waals surface area contributed by atoms with Gasteiger partial charge in [-0.3, -0.25) is 4.79 Å². The van der Waals surface area contributed by atoms with Crippen molar-refractivity contribution in [3.8, 4) is 0 Å². The van der Waals surface area contributed by atoms with Crippen LogP contribution in [-0.2, 0) is 9.59 Å². The van der Waals surface area contributed by atoms with E-state index >= 15 is 0 Å². The second-order valence-electron chi connectivity index (χ2n) is 2.53. The van der Waals surface area contributed by atoms with Crippen molar-refractivity contribution in [3.05, 3.63) is 0 Å². The number of ketones is 1. The lowest BCUT2D eigenvalue weighted by Crippen LogP contribution is -2.39. The number of carboxylic acids is 1. The lowest BCUT2D eigenvalue weighted by Gasteiger charge is -2.18. The molecule has 0 saturated heterocycles. The van der Waals surface area contributed by atoms with Crippen molar-refractivity contribution < 1.29 is 30.0 Å². The summed E-state index contributed by atoms with van der Waals surface area (Å²) in [6.45, 7) is 1.13. The first kappa shape index (κ1) is 14.5. The van der Waals surface area contributed by atoms with E-state index in [0.29, 0.717) is 0 Å². The zero-order chi connectivity index (χ0) is 9.94. The highest BCUT2D eigenvalue weighted by Crippen LogP contribution is 2.11. The van der Waals surface area contributed by atoms with E-state index in [1.165, 1.54) is 0 Å². The molecule has 0 aromatic rings. The Morgan fingerprint density at radius 1 is 1.38 bits per heavy atom. The van der Waals surface area contributed by atoms with E-state index in [2.05, 4.69) is 0 Å². The Kier molecular flexibility index (Phi) is 5.44. The normalized spacial score (nSPS) is 12.9. The first-order chi connectivity index (χ1) is 5.24. The summed E-state index contributed by atoms with van der Waals surface area (Å²) in [7, 11) is 0. The topological polar surface area (TPSA) is 154 Å². The van der Waals surface area contributed by atoms with Gasteiger partial charge in [-0.15, -0.1) is 0 Å². The lowest BCUT2D eigenvalue weighted by molar-refractivity contribution is -0.319. The molecule has 13 heavy (non-hydrogen) atoms. The van der Waals surface area contributed by atoms with Crippen molar-refractivity contribution in [3.63, 3.8) is 0 Å². The zero-order valence-electron chi connectivity index (χ0n) is 7.35. The minimum Gasteiger partial charge on any atom is -0.542 e. The van der Waals surface area contributed by atoms with Gasteiger partial charge in [-0.1, -0.05) is 6.92 Å². The number of hydrogen-bond acceptors (Lipinski definition) is 6. The van der Waals surface area contributed by atoms with Gasteiger partial charge in [0.2, 0.25) is 0 Å². The number of carbonyl (C=O) groups is 2. The quantitative estimate of drug-likeness (QED) is 0.283. The van der Waals surface area contributed by atoms with Crippen LogP contribution in [0.15, 0.2) is 0 Å². The maximum Gasteiger partial charge on any atom is 0.275 e. The Hall–Kier alpha value is -1.02. The standard InChI is InChI=1S/C6H10O6.H3N/c1-3(2-6(10,11)12)4(7)5(8)9;/h3,10-12H,2H2,1H3,(H,8,9);1H3. The summed E-state index contributed by atoms with van der Waals surface area (Å²) in [5, 5.41) is 35.0. The summed E-state index contributed by atoms with van der Waals surface area (Å²) in [5.41, 5.74) is 0. The van der Waals surface area contributed by atoms with Crippen LogP contribution in [0.1, 0.15) is 13.3 Å². The smallest absolute Gasteiger partial charge is 0.275 e. The van der Waals surface area contributed by atoms with E-state index < -0.39 is 30.1 Å². The highest BCUT2D eigenvalue weighted by atomic mass is 16.7. The number of quaternary nitrogens is 1. The Bertz CT molecular complexity index is 196.